The summed E-state index contributed by atoms with van der Waals surface area (Å²) in [5.41, 5.74) is 4.01. The standard InChI is InChI=1S/C27H36BrO/c1-2-3-4-5-6-7-11-20-29-27-19-18-25(21-26(27)28)24-16-14-23(15-17-24)22-12-9-8-10-13-22/h8,14-19,21-22H,2-7,9-13,20H2,1H3. The second kappa shape index (κ2) is 12.4. The van der Waals surface area contributed by atoms with Crippen LogP contribution in [0.4, 0.5) is 0 Å². The minimum Gasteiger partial charge on any atom is -0.492 e. The summed E-state index contributed by atoms with van der Waals surface area (Å²) >= 11 is 3.70. The molecule has 0 bridgehead atoms. The molecule has 1 nitrogen and oxygen atoms in total. The lowest BCUT2D eigenvalue weighted by Gasteiger charge is -2.22. The van der Waals surface area contributed by atoms with Gasteiger partial charge in [0.25, 0.3) is 0 Å². The van der Waals surface area contributed by atoms with E-state index in [1.807, 2.05) is 0 Å². The van der Waals surface area contributed by atoms with Crippen molar-refractivity contribution in [1.82, 2.24) is 0 Å². The second-order valence-electron chi connectivity index (χ2n) is 8.38. The first kappa shape index (κ1) is 22.4. The molecule has 0 heterocycles. The molecule has 0 spiro atoms. The fourth-order valence-electron chi connectivity index (χ4n) is 4.25. The molecule has 1 aliphatic carbocycles. The van der Waals surface area contributed by atoms with Gasteiger partial charge in [0.15, 0.2) is 0 Å². The molecule has 1 fully saturated rings. The van der Waals surface area contributed by atoms with E-state index in [9.17, 15) is 0 Å². The van der Waals surface area contributed by atoms with E-state index in [0.717, 1.165) is 29.2 Å². The first-order chi connectivity index (χ1) is 14.3. The van der Waals surface area contributed by atoms with E-state index in [2.05, 4.69) is 71.7 Å². The monoisotopic (exact) mass is 455 g/mol. The Morgan fingerprint density at radius 2 is 1.48 bits per heavy atom. The van der Waals surface area contributed by atoms with Gasteiger partial charge in [-0.25, -0.2) is 0 Å². The lowest BCUT2D eigenvalue weighted by Crippen LogP contribution is -2.04. The van der Waals surface area contributed by atoms with Crippen LogP contribution in [0.5, 0.6) is 5.75 Å². The van der Waals surface area contributed by atoms with Crippen LogP contribution in [0.2, 0.25) is 0 Å². The third-order valence-corrected chi connectivity index (χ3v) is 6.71. The number of hydrogen-bond donors (Lipinski definition) is 0. The minimum atomic E-state index is 0.739. The number of halogens is 1. The first-order valence-corrected chi connectivity index (χ1v) is 12.4. The highest BCUT2D eigenvalue weighted by Gasteiger charge is 2.15. The van der Waals surface area contributed by atoms with Gasteiger partial charge in [0.05, 0.1) is 11.1 Å². The predicted molar refractivity (Wildman–Crippen MR) is 129 cm³/mol. The van der Waals surface area contributed by atoms with Gasteiger partial charge < -0.3 is 4.74 Å². The van der Waals surface area contributed by atoms with Crippen molar-refractivity contribution in [1.29, 1.82) is 0 Å². The minimum absolute atomic E-state index is 0.739. The van der Waals surface area contributed by atoms with Gasteiger partial charge in [0, 0.05) is 0 Å². The molecule has 0 saturated heterocycles. The van der Waals surface area contributed by atoms with Crippen LogP contribution in [0.3, 0.4) is 0 Å². The number of benzene rings is 2. The van der Waals surface area contributed by atoms with E-state index < -0.39 is 0 Å². The van der Waals surface area contributed by atoms with Gasteiger partial charge in [-0.1, -0.05) is 75.8 Å². The maximum atomic E-state index is 6.00. The average molecular weight is 456 g/mol. The molecule has 0 N–H and O–H groups in total. The molecule has 29 heavy (non-hydrogen) atoms. The van der Waals surface area contributed by atoms with E-state index in [4.69, 9.17) is 4.74 Å². The van der Waals surface area contributed by atoms with Crippen LogP contribution in [0.25, 0.3) is 11.1 Å². The molecule has 157 valence electrons. The van der Waals surface area contributed by atoms with Gasteiger partial charge in [-0.05, 0) is 89.2 Å². The molecule has 1 aliphatic rings. The summed E-state index contributed by atoms with van der Waals surface area (Å²) in [5, 5.41) is 0. The Hall–Kier alpha value is -1.28. The summed E-state index contributed by atoms with van der Waals surface area (Å²) in [4.78, 5) is 0. The molecule has 2 aromatic rings. The smallest absolute Gasteiger partial charge is 0.133 e. The molecule has 0 amide bonds. The zero-order chi connectivity index (χ0) is 20.3. The SMILES string of the molecule is CCCCCCCCCOc1ccc(-c2ccc(C3CC[CH]CC3)cc2)cc1Br. The van der Waals surface area contributed by atoms with E-state index in [0.29, 0.717) is 0 Å². The molecular formula is C27H36BrO. The van der Waals surface area contributed by atoms with Crippen molar-refractivity contribution in [2.75, 3.05) is 6.61 Å². The first-order valence-electron chi connectivity index (χ1n) is 11.6. The van der Waals surface area contributed by atoms with Gasteiger partial charge in [-0.3, -0.25) is 0 Å². The van der Waals surface area contributed by atoms with Crippen LogP contribution < -0.4 is 4.74 Å². The summed E-state index contributed by atoms with van der Waals surface area (Å²) in [5.74, 6) is 1.69. The maximum absolute atomic E-state index is 6.00. The van der Waals surface area contributed by atoms with Gasteiger partial charge in [-0.2, -0.15) is 0 Å². The fourth-order valence-corrected chi connectivity index (χ4v) is 4.74. The number of unbranched alkanes of at least 4 members (excludes halogenated alkanes) is 6. The van der Waals surface area contributed by atoms with Gasteiger partial charge in [0.1, 0.15) is 5.75 Å². The van der Waals surface area contributed by atoms with E-state index in [-0.39, 0.29) is 0 Å². The van der Waals surface area contributed by atoms with Crippen molar-refractivity contribution in [3.8, 4) is 16.9 Å². The van der Waals surface area contributed by atoms with E-state index in [1.165, 1.54) is 80.9 Å². The highest BCUT2D eigenvalue weighted by molar-refractivity contribution is 9.10. The quantitative estimate of drug-likeness (QED) is 0.306. The molecule has 3 rings (SSSR count). The van der Waals surface area contributed by atoms with Crippen molar-refractivity contribution in [2.45, 2.75) is 83.5 Å². The number of ether oxygens (including phenoxy) is 1. The summed E-state index contributed by atoms with van der Waals surface area (Å²) in [6.45, 7) is 3.07. The maximum Gasteiger partial charge on any atom is 0.133 e. The molecule has 0 atom stereocenters. The van der Waals surface area contributed by atoms with Crippen LogP contribution >= 0.6 is 15.9 Å². The normalized spacial score (nSPS) is 14.8. The average Bonchev–Trinajstić information content (AvgIpc) is 2.77. The third-order valence-electron chi connectivity index (χ3n) is 6.09. The summed E-state index contributed by atoms with van der Waals surface area (Å²) in [6.07, 6.45) is 16.7. The molecule has 0 aromatic heterocycles. The molecular weight excluding hydrogens is 420 g/mol. The molecule has 2 aromatic carbocycles. The predicted octanol–water partition coefficient (Wildman–Crippen LogP) is 9.11. The van der Waals surface area contributed by atoms with Gasteiger partial charge in [-0.15, -0.1) is 0 Å². The van der Waals surface area contributed by atoms with Crippen molar-refractivity contribution in [2.24, 2.45) is 0 Å². The zero-order valence-corrected chi connectivity index (χ0v) is 19.6. The van der Waals surface area contributed by atoms with Crippen LogP contribution in [0, 0.1) is 6.42 Å². The topological polar surface area (TPSA) is 9.23 Å². The highest BCUT2D eigenvalue weighted by Crippen LogP contribution is 2.35. The Balaban J connectivity index is 1.47. The van der Waals surface area contributed by atoms with Gasteiger partial charge >= 0.3 is 0 Å². The van der Waals surface area contributed by atoms with Crippen molar-refractivity contribution >= 4 is 15.9 Å². The Kier molecular flexibility index (Phi) is 9.60. The second-order valence-corrected chi connectivity index (χ2v) is 9.23. The number of hydrogen-bond acceptors (Lipinski definition) is 1. The molecule has 0 aliphatic heterocycles. The molecule has 1 radical (unpaired) electrons. The van der Waals surface area contributed by atoms with Crippen LogP contribution in [0.1, 0.15) is 89.0 Å². The van der Waals surface area contributed by atoms with Crippen molar-refractivity contribution < 1.29 is 4.74 Å². The Bertz CT molecular complexity index is 716. The largest absolute Gasteiger partial charge is 0.492 e. The molecule has 2 heteroatoms. The lowest BCUT2D eigenvalue weighted by atomic mass is 9.84. The lowest BCUT2D eigenvalue weighted by molar-refractivity contribution is 0.302. The van der Waals surface area contributed by atoms with Gasteiger partial charge in [0.2, 0.25) is 0 Å². The Morgan fingerprint density at radius 1 is 0.828 bits per heavy atom. The summed E-state index contributed by atoms with van der Waals surface area (Å²) < 4.78 is 7.05. The van der Waals surface area contributed by atoms with Crippen molar-refractivity contribution in [3.05, 3.63) is 58.9 Å². The van der Waals surface area contributed by atoms with E-state index >= 15 is 0 Å². The van der Waals surface area contributed by atoms with Crippen LogP contribution in [-0.4, -0.2) is 6.61 Å². The van der Waals surface area contributed by atoms with Crippen molar-refractivity contribution in [3.63, 3.8) is 0 Å². The Morgan fingerprint density at radius 3 is 2.17 bits per heavy atom. The van der Waals surface area contributed by atoms with Crippen LogP contribution in [-0.2, 0) is 0 Å². The molecule has 1 saturated carbocycles. The summed E-state index contributed by atoms with van der Waals surface area (Å²) in [6, 6.07) is 15.7. The van der Waals surface area contributed by atoms with Crippen LogP contribution in [0.15, 0.2) is 46.9 Å². The van der Waals surface area contributed by atoms with E-state index in [1.54, 1.807) is 0 Å². The molecule has 0 unspecified atom stereocenters. The summed E-state index contributed by atoms with van der Waals surface area (Å²) in [7, 11) is 0. The number of rotatable bonds is 11. The fraction of sp³-hybridized carbons (Fsp3) is 0.519. The highest BCUT2D eigenvalue weighted by atomic mass is 79.9. The zero-order valence-electron chi connectivity index (χ0n) is 18.0. The third kappa shape index (κ3) is 7.17. The Labute approximate surface area is 186 Å².